The van der Waals surface area contributed by atoms with E-state index in [1.165, 1.54) is 11.8 Å². The fourth-order valence-electron chi connectivity index (χ4n) is 2.85. The number of carbonyl (C=O) groups excluding carboxylic acids is 2. The van der Waals surface area contributed by atoms with Gasteiger partial charge >= 0.3 is 0 Å². The van der Waals surface area contributed by atoms with E-state index in [0.29, 0.717) is 34.0 Å². The Morgan fingerprint density at radius 3 is 2.68 bits per heavy atom. The highest BCUT2D eigenvalue weighted by molar-refractivity contribution is 7.99. The van der Waals surface area contributed by atoms with Crippen molar-refractivity contribution in [1.29, 1.82) is 5.26 Å². The van der Waals surface area contributed by atoms with Crippen LogP contribution >= 0.6 is 23.4 Å². The van der Waals surface area contributed by atoms with E-state index in [0.717, 1.165) is 31.0 Å². The highest BCUT2D eigenvalue weighted by Crippen LogP contribution is 2.21. The summed E-state index contributed by atoms with van der Waals surface area (Å²) >= 11 is 7.42. The second-order valence-corrected chi connectivity index (χ2v) is 7.86. The average molecular weight is 415 g/mol. The van der Waals surface area contributed by atoms with Gasteiger partial charge < -0.3 is 10.2 Å². The van der Waals surface area contributed by atoms with Gasteiger partial charge in [-0.3, -0.25) is 9.59 Å². The van der Waals surface area contributed by atoms with Gasteiger partial charge in [0.15, 0.2) is 0 Å². The molecule has 1 N–H and O–H groups in total. The molecule has 0 saturated carbocycles. The van der Waals surface area contributed by atoms with Gasteiger partial charge in [-0.1, -0.05) is 11.6 Å². The first kappa shape index (κ1) is 20.2. The van der Waals surface area contributed by atoms with Gasteiger partial charge in [0, 0.05) is 37.1 Å². The summed E-state index contributed by atoms with van der Waals surface area (Å²) in [6.07, 6.45) is 4.02. The third kappa shape index (κ3) is 5.24. The summed E-state index contributed by atoms with van der Waals surface area (Å²) in [7, 11) is 0. The molecule has 144 valence electrons. The number of hydrogen-bond acceptors (Lipinski definition) is 5. The molecule has 1 saturated heterocycles. The van der Waals surface area contributed by atoms with Crippen molar-refractivity contribution in [3.8, 4) is 6.07 Å². The molecule has 6 nitrogen and oxygen atoms in total. The van der Waals surface area contributed by atoms with E-state index in [1.54, 1.807) is 30.5 Å². The second-order valence-electron chi connectivity index (χ2n) is 6.34. The zero-order valence-corrected chi connectivity index (χ0v) is 16.7. The highest BCUT2D eigenvalue weighted by atomic mass is 35.5. The number of hydrogen-bond donors (Lipinski definition) is 1. The molecule has 0 spiro atoms. The molecule has 2 amide bonds. The van der Waals surface area contributed by atoms with Crippen LogP contribution in [0.2, 0.25) is 5.02 Å². The van der Waals surface area contributed by atoms with Crippen LogP contribution in [0.5, 0.6) is 0 Å². The van der Waals surface area contributed by atoms with Crippen molar-refractivity contribution in [2.75, 3.05) is 24.2 Å². The second kappa shape index (κ2) is 9.58. The number of anilines is 1. The van der Waals surface area contributed by atoms with Gasteiger partial charge in [0.2, 0.25) is 5.91 Å². The van der Waals surface area contributed by atoms with E-state index < -0.39 is 0 Å². The fourth-order valence-corrected chi connectivity index (χ4v) is 3.86. The predicted octanol–water partition coefficient (Wildman–Crippen LogP) is 3.96. The molecule has 1 aliphatic rings. The number of amides is 2. The Hall–Kier alpha value is -2.56. The number of rotatable bonds is 6. The Labute approximate surface area is 172 Å². The largest absolute Gasteiger partial charge is 0.339 e. The zero-order chi connectivity index (χ0) is 19.9. The van der Waals surface area contributed by atoms with Crippen molar-refractivity contribution >= 4 is 40.9 Å². The molecule has 8 heteroatoms. The van der Waals surface area contributed by atoms with Gasteiger partial charge in [0.1, 0.15) is 6.07 Å². The highest BCUT2D eigenvalue weighted by Gasteiger charge is 2.19. The van der Waals surface area contributed by atoms with Crippen LogP contribution in [0, 0.1) is 11.3 Å². The van der Waals surface area contributed by atoms with E-state index in [1.807, 2.05) is 17.0 Å². The number of nitrogens with zero attached hydrogens (tertiary/aromatic N) is 3. The predicted molar refractivity (Wildman–Crippen MR) is 110 cm³/mol. The van der Waals surface area contributed by atoms with Crippen LogP contribution in [-0.4, -0.2) is 40.5 Å². The van der Waals surface area contributed by atoms with Crippen LogP contribution in [0.3, 0.4) is 0 Å². The molecule has 3 rings (SSSR count). The SMILES string of the molecule is N#Cc1ccc(NC(=O)CCSc2ccc(C(=O)N3CCCC3)cn2)cc1Cl. The standard InChI is InChI=1S/C20H19ClN4O2S/c21-17-11-16(5-3-14(17)12-22)24-18(26)7-10-28-19-6-4-15(13-23-19)20(27)25-8-1-2-9-25/h3-6,11,13H,1-2,7-10H2,(H,24,26). The molecule has 0 radical (unpaired) electrons. The van der Waals surface area contributed by atoms with E-state index in [-0.39, 0.29) is 11.8 Å². The first-order valence-electron chi connectivity index (χ1n) is 8.94. The Bertz CT molecular complexity index is 905. The zero-order valence-electron chi connectivity index (χ0n) is 15.2. The van der Waals surface area contributed by atoms with Gasteiger partial charge in [-0.25, -0.2) is 4.98 Å². The molecule has 1 aliphatic heterocycles. The molecule has 0 atom stereocenters. The number of likely N-dealkylation sites (tertiary alicyclic amines) is 1. The lowest BCUT2D eigenvalue weighted by Crippen LogP contribution is -2.27. The third-order valence-corrected chi connectivity index (χ3v) is 5.59. The van der Waals surface area contributed by atoms with Crippen molar-refractivity contribution in [2.24, 2.45) is 0 Å². The fraction of sp³-hybridized carbons (Fsp3) is 0.300. The monoisotopic (exact) mass is 414 g/mol. The van der Waals surface area contributed by atoms with Crippen molar-refractivity contribution < 1.29 is 9.59 Å². The topological polar surface area (TPSA) is 86.1 Å². The van der Waals surface area contributed by atoms with Crippen LogP contribution in [0.1, 0.15) is 35.2 Å². The maximum Gasteiger partial charge on any atom is 0.255 e. The minimum absolute atomic E-state index is 0.0296. The number of halogens is 1. The van der Waals surface area contributed by atoms with Crippen LogP contribution < -0.4 is 5.32 Å². The number of aromatic nitrogens is 1. The van der Waals surface area contributed by atoms with E-state index in [4.69, 9.17) is 16.9 Å². The number of thioether (sulfide) groups is 1. The maximum atomic E-state index is 12.3. The molecule has 1 aromatic heterocycles. The molecule has 1 aromatic carbocycles. The number of carbonyl (C=O) groups is 2. The Morgan fingerprint density at radius 2 is 2.04 bits per heavy atom. The normalized spacial score (nSPS) is 13.2. The third-order valence-electron chi connectivity index (χ3n) is 4.33. The molecule has 0 unspecified atom stereocenters. The Morgan fingerprint density at radius 1 is 1.25 bits per heavy atom. The van der Waals surface area contributed by atoms with Crippen LogP contribution in [-0.2, 0) is 4.79 Å². The summed E-state index contributed by atoms with van der Waals surface area (Å²) in [5.74, 6) is 0.443. The van der Waals surface area contributed by atoms with Gasteiger partial charge in [0.25, 0.3) is 5.91 Å². The molecule has 2 heterocycles. The minimum atomic E-state index is -0.144. The molecular formula is C20H19ClN4O2S. The van der Waals surface area contributed by atoms with Gasteiger partial charge in [-0.15, -0.1) is 11.8 Å². The van der Waals surface area contributed by atoms with Crippen LogP contribution in [0.15, 0.2) is 41.6 Å². The molecule has 28 heavy (non-hydrogen) atoms. The Balaban J connectivity index is 1.45. The van der Waals surface area contributed by atoms with Crippen LogP contribution in [0.25, 0.3) is 0 Å². The number of pyridine rings is 1. The summed E-state index contributed by atoms with van der Waals surface area (Å²) in [6, 6.07) is 10.3. The number of nitrogens with one attached hydrogen (secondary N) is 1. The number of benzene rings is 1. The average Bonchev–Trinajstić information content (AvgIpc) is 3.23. The molecular weight excluding hydrogens is 396 g/mol. The first-order chi connectivity index (χ1) is 13.6. The van der Waals surface area contributed by atoms with E-state index in [2.05, 4.69) is 10.3 Å². The number of nitriles is 1. The van der Waals surface area contributed by atoms with Crippen LogP contribution in [0.4, 0.5) is 5.69 Å². The lowest BCUT2D eigenvalue weighted by molar-refractivity contribution is -0.115. The van der Waals surface area contributed by atoms with E-state index >= 15 is 0 Å². The summed E-state index contributed by atoms with van der Waals surface area (Å²) in [5, 5.41) is 12.7. The minimum Gasteiger partial charge on any atom is -0.339 e. The van der Waals surface area contributed by atoms with Gasteiger partial charge in [-0.2, -0.15) is 5.26 Å². The smallest absolute Gasteiger partial charge is 0.255 e. The van der Waals surface area contributed by atoms with Crippen molar-refractivity contribution in [2.45, 2.75) is 24.3 Å². The summed E-state index contributed by atoms with van der Waals surface area (Å²) in [6.45, 7) is 1.63. The lowest BCUT2D eigenvalue weighted by atomic mass is 10.2. The molecule has 0 aliphatic carbocycles. The van der Waals surface area contributed by atoms with Gasteiger partial charge in [-0.05, 0) is 43.2 Å². The van der Waals surface area contributed by atoms with Crippen molar-refractivity contribution in [3.63, 3.8) is 0 Å². The van der Waals surface area contributed by atoms with E-state index in [9.17, 15) is 9.59 Å². The summed E-state index contributed by atoms with van der Waals surface area (Å²) < 4.78 is 0. The maximum absolute atomic E-state index is 12.3. The van der Waals surface area contributed by atoms with Crippen molar-refractivity contribution in [1.82, 2.24) is 9.88 Å². The van der Waals surface area contributed by atoms with Gasteiger partial charge in [0.05, 0.1) is 21.2 Å². The summed E-state index contributed by atoms with van der Waals surface area (Å²) in [5.41, 5.74) is 1.52. The lowest BCUT2D eigenvalue weighted by Gasteiger charge is -2.14. The molecule has 1 fully saturated rings. The summed E-state index contributed by atoms with van der Waals surface area (Å²) in [4.78, 5) is 30.5. The Kier molecular flexibility index (Phi) is 6.90. The molecule has 2 aromatic rings. The first-order valence-corrected chi connectivity index (χ1v) is 10.3. The van der Waals surface area contributed by atoms with Crippen molar-refractivity contribution in [3.05, 3.63) is 52.7 Å². The molecule has 0 bridgehead atoms. The quantitative estimate of drug-likeness (QED) is 0.723.